The van der Waals surface area contributed by atoms with Crippen LogP contribution in [-0.4, -0.2) is 42.2 Å². The highest BCUT2D eigenvalue weighted by atomic mass is 32.1. The third kappa shape index (κ3) is 2.65. The maximum atomic E-state index is 5.70. The number of hydrogen-bond acceptors (Lipinski definition) is 5. The van der Waals surface area contributed by atoms with E-state index >= 15 is 0 Å². The van der Waals surface area contributed by atoms with Crippen molar-refractivity contribution in [2.45, 2.75) is 19.1 Å². The molecule has 3 rings (SSSR count). The van der Waals surface area contributed by atoms with Crippen LogP contribution in [0.2, 0.25) is 0 Å². The lowest BCUT2D eigenvalue weighted by Gasteiger charge is -2.35. The summed E-state index contributed by atoms with van der Waals surface area (Å²) in [4.78, 5) is 7.16. The van der Waals surface area contributed by atoms with Gasteiger partial charge in [0.1, 0.15) is 5.01 Å². The van der Waals surface area contributed by atoms with Crippen molar-refractivity contribution in [2.75, 3.05) is 26.2 Å². The smallest absolute Gasteiger partial charge is 0.111 e. The van der Waals surface area contributed by atoms with Gasteiger partial charge in [-0.3, -0.25) is 4.90 Å². The molecule has 5 heteroatoms. The van der Waals surface area contributed by atoms with Gasteiger partial charge in [-0.25, -0.2) is 4.98 Å². The minimum atomic E-state index is 0.158. The molecule has 2 atom stereocenters. The summed E-state index contributed by atoms with van der Waals surface area (Å²) < 4.78 is 6.88. The van der Waals surface area contributed by atoms with E-state index in [9.17, 15) is 0 Å². The first-order valence-corrected chi connectivity index (χ1v) is 7.51. The topological polar surface area (TPSA) is 51.4 Å². The van der Waals surface area contributed by atoms with Gasteiger partial charge in [-0.1, -0.05) is 12.1 Å². The summed E-state index contributed by atoms with van der Waals surface area (Å²) in [6.07, 6.45) is 0.158. The van der Waals surface area contributed by atoms with Crippen LogP contribution in [0, 0.1) is 0 Å². The van der Waals surface area contributed by atoms with Crippen molar-refractivity contribution >= 4 is 21.6 Å². The Balaban J connectivity index is 1.80. The third-order valence-corrected chi connectivity index (χ3v) is 4.86. The zero-order valence-corrected chi connectivity index (χ0v) is 11.9. The molecule has 1 fully saturated rings. The first-order chi connectivity index (χ1) is 9.28. The van der Waals surface area contributed by atoms with Crippen LogP contribution in [0.4, 0.5) is 0 Å². The predicted molar refractivity (Wildman–Crippen MR) is 78.4 cm³/mol. The van der Waals surface area contributed by atoms with Gasteiger partial charge in [-0.15, -0.1) is 11.3 Å². The lowest BCUT2D eigenvalue weighted by Crippen LogP contribution is -2.46. The highest BCUT2D eigenvalue weighted by Gasteiger charge is 2.25. The average Bonchev–Trinajstić information content (AvgIpc) is 2.90. The largest absolute Gasteiger partial charge is 0.374 e. The summed E-state index contributed by atoms with van der Waals surface area (Å²) in [5.41, 5.74) is 6.80. The van der Waals surface area contributed by atoms with Gasteiger partial charge >= 0.3 is 0 Å². The van der Waals surface area contributed by atoms with E-state index in [-0.39, 0.29) is 6.10 Å². The molecule has 0 spiro atoms. The maximum Gasteiger partial charge on any atom is 0.111 e. The molecular formula is C14H19N3OS. The van der Waals surface area contributed by atoms with Crippen molar-refractivity contribution in [3.8, 4) is 0 Å². The molecule has 0 aliphatic carbocycles. The van der Waals surface area contributed by atoms with E-state index < -0.39 is 0 Å². The Bertz CT molecular complexity index is 523. The molecule has 19 heavy (non-hydrogen) atoms. The van der Waals surface area contributed by atoms with E-state index in [1.807, 2.05) is 6.07 Å². The molecule has 0 amide bonds. The number of benzene rings is 1. The van der Waals surface area contributed by atoms with E-state index in [0.717, 1.165) is 25.2 Å². The van der Waals surface area contributed by atoms with Crippen LogP contribution in [0.5, 0.6) is 0 Å². The second kappa shape index (κ2) is 5.54. The molecule has 1 aromatic carbocycles. The fraction of sp³-hybridized carbons (Fsp3) is 0.500. The summed E-state index contributed by atoms with van der Waals surface area (Å²) in [6.45, 7) is 5.41. The number of hydrogen-bond donors (Lipinski definition) is 1. The van der Waals surface area contributed by atoms with Crippen LogP contribution < -0.4 is 5.73 Å². The Morgan fingerprint density at radius 1 is 1.53 bits per heavy atom. The molecule has 4 nitrogen and oxygen atoms in total. The van der Waals surface area contributed by atoms with Crippen molar-refractivity contribution in [1.29, 1.82) is 0 Å². The highest BCUT2D eigenvalue weighted by molar-refractivity contribution is 7.18. The number of aromatic nitrogens is 1. The quantitative estimate of drug-likeness (QED) is 0.932. The Hall–Kier alpha value is -1.01. The Kier molecular flexibility index (Phi) is 3.79. The maximum absolute atomic E-state index is 5.70. The Morgan fingerprint density at radius 3 is 3.16 bits per heavy atom. The van der Waals surface area contributed by atoms with E-state index in [2.05, 4.69) is 30.0 Å². The normalized spacial score (nSPS) is 22.7. The monoisotopic (exact) mass is 277 g/mol. The summed E-state index contributed by atoms with van der Waals surface area (Å²) in [7, 11) is 0. The molecule has 2 aromatic rings. The molecule has 1 aliphatic heterocycles. The van der Waals surface area contributed by atoms with Gasteiger partial charge in [-0.2, -0.15) is 0 Å². The molecule has 2 unspecified atom stereocenters. The summed E-state index contributed by atoms with van der Waals surface area (Å²) in [5, 5.41) is 1.18. The molecule has 102 valence electrons. The molecule has 0 bridgehead atoms. The average molecular weight is 277 g/mol. The van der Waals surface area contributed by atoms with Crippen LogP contribution in [0.15, 0.2) is 24.3 Å². The number of thiazole rings is 1. The van der Waals surface area contributed by atoms with Crippen molar-refractivity contribution < 1.29 is 4.74 Å². The standard InChI is InChI=1S/C14H19N3OS/c1-10(17-6-7-18-11(8-15)9-17)14-16-12-4-2-3-5-13(12)19-14/h2-5,10-11H,6-9,15H2,1H3. The summed E-state index contributed by atoms with van der Waals surface area (Å²) in [6, 6.07) is 8.63. The van der Waals surface area contributed by atoms with Crippen molar-refractivity contribution in [3.05, 3.63) is 29.3 Å². The number of nitrogens with two attached hydrogens (primary N) is 1. The molecule has 2 N–H and O–H groups in total. The molecule has 1 aliphatic rings. The van der Waals surface area contributed by atoms with Gasteiger partial charge in [0.2, 0.25) is 0 Å². The number of ether oxygens (including phenoxy) is 1. The van der Waals surface area contributed by atoms with Gasteiger partial charge in [0, 0.05) is 19.6 Å². The second-order valence-electron chi connectivity index (χ2n) is 4.92. The van der Waals surface area contributed by atoms with E-state index in [1.165, 1.54) is 9.71 Å². The Labute approximate surface area is 117 Å². The van der Waals surface area contributed by atoms with Crippen molar-refractivity contribution in [1.82, 2.24) is 9.88 Å². The van der Waals surface area contributed by atoms with Gasteiger partial charge < -0.3 is 10.5 Å². The van der Waals surface area contributed by atoms with Crippen LogP contribution in [0.1, 0.15) is 18.0 Å². The Morgan fingerprint density at radius 2 is 2.37 bits per heavy atom. The second-order valence-corrected chi connectivity index (χ2v) is 5.98. The van der Waals surface area contributed by atoms with E-state index in [0.29, 0.717) is 12.6 Å². The lowest BCUT2D eigenvalue weighted by molar-refractivity contribution is -0.0364. The minimum absolute atomic E-state index is 0.158. The number of morpholine rings is 1. The highest BCUT2D eigenvalue weighted by Crippen LogP contribution is 2.30. The first kappa shape index (κ1) is 13.0. The third-order valence-electron chi connectivity index (χ3n) is 3.65. The number of fused-ring (bicyclic) bond motifs is 1. The zero-order valence-electron chi connectivity index (χ0n) is 11.1. The number of para-hydroxylation sites is 1. The number of rotatable bonds is 3. The zero-order chi connectivity index (χ0) is 13.2. The van der Waals surface area contributed by atoms with Crippen LogP contribution in [-0.2, 0) is 4.74 Å². The minimum Gasteiger partial charge on any atom is -0.374 e. The first-order valence-electron chi connectivity index (χ1n) is 6.69. The van der Waals surface area contributed by atoms with Gasteiger partial charge in [-0.05, 0) is 19.1 Å². The van der Waals surface area contributed by atoms with E-state index in [4.69, 9.17) is 15.5 Å². The fourth-order valence-corrected chi connectivity index (χ4v) is 3.52. The molecule has 0 radical (unpaired) electrons. The van der Waals surface area contributed by atoms with E-state index in [1.54, 1.807) is 11.3 Å². The molecule has 1 aromatic heterocycles. The van der Waals surface area contributed by atoms with Gasteiger partial charge in [0.05, 0.1) is 29.0 Å². The summed E-state index contributed by atoms with van der Waals surface area (Å²) >= 11 is 1.78. The molecule has 0 saturated carbocycles. The van der Waals surface area contributed by atoms with Crippen LogP contribution >= 0.6 is 11.3 Å². The predicted octanol–water partition coefficient (Wildman–Crippen LogP) is 2.02. The van der Waals surface area contributed by atoms with Crippen molar-refractivity contribution in [3.63, 3.8) is 0 Å². The van der Waals surface area contributed by atoms with Gasteiger partial charge in [0.15, 0.2) is 0 Å². The fourth-order valence-electron chi connectivity index (χ4n) is 2.46. The van der Waals surface area contributed by atoms with Crippen LogP contribution in [0.25, 0.3) is 10.2 Å². The molecule has 2 heterocycles. The van der Waals surface area contributed by atoms with Crippen LogP contribution in [0.3, 0.4) is 0 Å². The molecule has 1 saturated heterocycles. The lowest BCUT2D eigenvalue weighted by atomic mass is 10.2. The van der Waals surface area contributed by atoms with Gasteiger partial charge in [0.25, 0.3) is 0 Å². The van der Waals surface area contributed by atoms with Crippen molar-refractivity contribution in [2.24, 2.45) is 5.73 Å². The number of nitrogens with zero attached hydrogens (tertiary/aromatic N) is 2. The SMILES string of the molecule is CC(c1nc2ccccc2s1)N1CCOC(CN)C1. The molecular weight excluding hydrogens is 258 g/mol. The summed E-state index contributed by atoms with van der Waals surface area (Å²) in [5.74, 6) is 0.